The van der Waals surface area contributed by atoms with Crippen LogP contribution in [0.5, 0.6) is 0 Å². The Bertz CT molecular complexity index is 16.8. The second-order valence-corrected chi connectivity index (χ2v) is 0. The van der Waals surface area contributed by atoms with E-state index in [1.165, 1.54) is 0 Å². The Balaban J connectivity index is -0.000000000333. The number of hydrogen-bond acceptors (Lipinski definition) is 0. The fraction of sp³-hybridized carbons (Fsp3) is 0.500. The van der Waals surface area contributed by atoms with E-state index in [1.807, 2.05) is 0 Å². The molecule has 0 atom stereocenters. The fourth-order valence-electron chi connectivity index (χ4n) is 0. The third kappa shape index (κ3) is 9.26. The standard InChI is InChI=1S/CO.CH4.H2O.4H2/c1-2;;;;;;/h;1H4;1H2;4*1H. The summed E-state index contributed by atoms with van der Waals surface area (Å²) in [4.78, 5) is 0. The Kier molecular flexibility index (Phi) is 1190. The van der Waals surface area contributed by atoms with Crippen molar-refractivity contribution in [2.45, 2.75) is 7.43 Å². The summed E-state index contributed by atoms with van der Waals surface area (Å²) in [5.74, 6) is 0. The van der Waals surface area contributed by atoms with Crippen LogP contribution in [0.25, 0.3) is 0 Å². The summed E-state index contributed by atoms with van der Waals surface area (Å²) in [5.41, 5.74) is 0. The van der Waals surface area contributed by atoms with Gasteiger partial charge in [-0.15, -0.1) is 0 Å². The van der Waals surface area contributed by atoms with Crippen molar-refractivity contribution in [1.29, 1.82) is 0 Å². The van der Waals surface area contributed by atoms with Gasteiger partial charge in [-0.05, 0) is 0 Å². The maximum Gasteiger partial charge on any atom is 0 e. The van der Waals surface area contributed by atoms with Crippen molar-refractivity contribution in [3.8, 4) is 0 Å². The van der Waals surface area contributed by atoms with Crippen LogP contribution >= 0.6 is 0 Å². The summed E-state index contributed by atoms with van der Waals surface area (Å²) in [6.45, 7) is 4.50. The molecule has 0 unspecified atom stereocenters. The molecule has 0 saturated carbocycles. The molecule has 0 aromatic heterocycles. The SMILES string of the molecule is C.O.[C-]#[O+].[HH].[HH].[HH].[HH]. The molecule has 0 rings (SSSR count). The minimum absolute atomic E-state index is 0. The van der Waals surface area contributed by atoms with Crippen molar-refractivity contribution in [2.24, 2.45) is 0 Å². The molecule has 0 amide bonds. The van der Waals surface area contributed by atoms with Crippen molar-refractivity contribution in [1.82, 2.24) is 0 Å². The van der Waals surface area contributed by atoms with Crippen molar-refractivity contribution in [2.75, 3.05) is 0 Å². The predicted molar refractivity (Wildman–Crippen MR) is 22.7 cm³/mol. The summed E-state index contributed by atoms with van der Waals surface area (Å²) >= 11 is 0. The minimum atomic E-state index is 0. The van der Waals surface area contributed by atoms with Gasteiger partial charge in [0.1, 0.15) is 0 Å². The first kappa shape index (κ1) is 55.0. The summed E-state index contributed by atoms with van der Waals surface area (Å²) in [7, 11) is 0. The van der Waals surface area contributed by atoms with Gasteiger partial charge in [-0.25, -0.2) is 0 Å². The topological polar surface area (TPSA) is 51.4 Å². The van der Waals surface area contributed by atoms with Crippen LogP contribution in [0.3, 0.4) is 0 Å². The zero-order valence-corrected chi connectivity index (χ0v) is 1.41. The van der Waals surface area contributed by atoms with E-state index in [0.29, 0.717) is 0 Å². The van der Waals surface area contributed by atoms with Gasteiger partial charge >= 0.3 is 11.3 Å². The molecule has 2 N–H and O–H groups in total. The normalized spacial score (nSPS) is 0.500. The first-order valence-electron chi connectivity index (χ1n) is 0.204. The molecule has 34 valence electrons. The van der Waals surface area contributed by atoms with E-state index >= 15 is 0 Å². The molecule has 0 aliphatic rings. The third-order valence-electron chi connectivity index (χ3n) is 0. The van der Waals surface area contributed by atoms with Crippen LogP contribution in [0.15, 0.2) is 0 Å². The third-order valence-corrected chi connectivity index (χ3v) is 0. The molecule has 0 fully saturated rings. The van der Waals surface area contributed by atoms with Crippen LogP contribution < -0.4 is 0 Å². The van der Waals surface area contributed by atoms with E-state index < -0.39 is 0 Å². The van der Waals surface area contributed by atoms with Crippen molar-refractivity contribution >= 4 is 0 Å². The van der Waals surface area contributed by atoms with Gasteiger partial charge in [-0.3, -0.25) is 0 Å². The quantitative estimate of drug-likeness (QED) is 0.298. The monoisotopic (exact) mass is 70.1 g/mol. The van der Waals surface area contributed by atoms with Crippen LogP contribution in [-0.4, -0.2) is 5.48 Å². The van der Waals surface area contributed by atoms with Gasteiger partial charge in [-0.2, -0.15) is 0 Å². The second-order valence-electron chi connectivity index (χ2n) is 0. The molecular weight excluding hydrogens is 56.0 g/mol. The van der Waals surface area contributed by atoms with Crippen molar-refractivity contribution < 1.29 is 15.8 Å². The minimum Gasteiger partial charge on any atom is 0 e. The Morgan fingerprint density at radius 3 is 1.50 bits per heavy atom. The molecule has 2 nitrogen and oxygen atoms in total. The molecule has 0 aliphatic heterocycles. The molecule has 0 aromatic carbocycles. The van der Waals surface area contributed by atoms with Crippen molar-refractivity contribution in [3.05, 3.63) is 6.65 Å². The Morgan fingerprint density at radius 1 is 1.50 bits per heavy atom. The summed E-state index contributed by atoms with van der Waals surface area (Å²) in [6.07, 6.45) is 0. The molecule has 0 spiro atoms. The molecular formula is C2H14O2. The van der Waals surface area contributed by atoms with Gasteiger partial charge in [0.15, 0.2) is 0 Å². The smallest absolute Gasteiger partial charge is 0 e. The van der Waals surface area contributed by atoms with Gasteiger partial charge in [0, 0.05) is 5.71 Å². The molecule has 0 radical (unpaired) electrons. The zero-order chi connectivity index (χ0) is 2.00. The first-order valence-corrected chi connectivity index (χ1v) is 0.204. The summed E-state index contributed by atoms with van der Waals surface area (Å²) in [6, 6.07) is 0. The number of hydrogen-bond donors (Lipinski definition) is 0. The van der Waals surface area contributed by atoms with Gasteiger partial charge in [0.25, 0.3) is 0 Å². The van der Waals surface area contributed by atoms with E-state index in [4.69, 9.17) is 4.65 Å². The van der Waals surface area contributed by atoms with Crippen LogP contribution in [0.1, 0.15) is 13.1 Å². The van der Waals surface area contributed by atoms with E-state index in [-0.39, 0.29) is 18.6 Å². The molecule has 0 aromatic rings. The average molecular weight is 70.1 g/mol. The first-order chi connectivity index (χ1) is 1.00. The van der Waals surface area contributed by atoms with Crippen LogP contribution in [0, 0.1) is 6.65 Å². The predicted octanol–water partition coefficient (Wildman–Crippen LogP) is 0.758. The molecule has 0 saturated heterocycles. The van der Waals surface area contributed by atoms with E-state index in [9.17, 15) is 0 Å². The fourth-order valence-corrected chi connectivity index (χ4v) is 0. The van der Waals surface area contributed by atoms with Gasteiger partial charge in [0.2, 0.25) is 0 Å². The van der Waals surface area contributed by atoms with E-state index in [2.05, 4.69) is 6.65 Å². The van der Waals surface area contributed by atoms with Crippen molar-refractivity contribution in [3.63, 3.8) is 0 Å². The van der Waals surface area contributed by atoms with Gasteiger partial charge < -0.3 is 5.48 Å². The maximum atomic E-state index is 7.50. The van der Waals surface area contributed by atoms with E-state index in [1.54, 1.807) is 0 Å². The maximum absolute atomic E-state index is 7.50. The average Bonchev–Trinajstić information content (AvgIpc) is 1.00. The zero-order valence-electron chi connectivity index (χ0n) is 1.41. The summed E-state index contributed by atoms with van der Waals surface area (Å²) in [5, 5.41) is 0. The Labute approximate surface area is 31.4 Å². The Hall–Kier alpha value is -0.300. The largest absolute Gasteiger partial charge is 0 e. The second kappa shape index (κ2) is 86.7. The summed E-state index contributed by atoms with van der Waals surface area (Å²) < 4.78 is 7.50. The molecule has 2 heteroatoms. The van der Waals surface area contributed by atoms with Crippen LogP contribution in [-0.2, 0) is 4.65 Å². The van der Waals surface area contributed by atoms with Gasteiger partial charge in [-0.1, -0.05) is 7.43 Å². The molecule has 4 heavy (non-hydrogen) atoms. The van der Waals surface area contributed by atoms with E-state index in [0.717, 1.165) is 0 Å². The molecule has 0 heterocycles. The molecule has 0 bridgehead atoms. The number of rotatable bonds is 0. The molecule has 0 aliphatic carbocycles. The van der Waals surface area contributed by atoms with Crippen LogP contribution in [0.2, 0.25) is 0 Å². The Morgan fingerprint density at radius 2 is 1.50 bits per heavy atom. The van der Waals surface area contributed by atoms with Gasteiger partial charge in [0.05, 0.1) is 0 Å². The van der Waals surface area contributed by atoms with Crippen LogP contribution in [0.4, 0.5) is 0 Å².